The summed E-state index contributed by atoms with van der Waals surface area (Å²) in [6.07, 6.45) is -4.63. The van der Waals surface area contributed by atoms with Crippen molar-refractivity contribution in [1.82, 2.24) is 14.5 Å². The molecule has 0 spiro atoms. The number of pyridine rings is 1. The maximum Gasteiger partial charge on any atom is 0.419 e. The van der Waals surface area contributed by atoms with Gasteiger partial charge in [0.15, 0.2) is 5.58 Å². The van der Waals surface area contributed by atoms with Gasteiger partial charge in [-0.05, 0) is 66.9 Å². The van der Waals surface area contributed by atoms with Crippen LogP contribution in [0.2, 0.25) is 0 Å². The number of benzene rings is 2. The molecule has 0 amide bonds. The van der Waals surface area contributed by atoms with Gasteiger partial charge in [-0.15, -0.1) is 0 Å². The monoisotopic (exact) mass is 555 g/mol. The van der Waals surface area contributed by atoms with E-state index in [9.17, 15) is 27.9 Å². The molecule has 1 unspecified atom stereocenters. The van der Waals surface area contributed by atoms with E-state index in [-0.39, 0.29) is 32.7 Å². The first-order valence-corrected chi connectivity index (χ1v) is 12.8. The largest absolute Gasteiger partial charge is 0.457 e. The molecule has 11 heteroatoms. The fourth-order valence-electron chi connectivity index (χ4n) is 5.04. The number of hydrogen-bond acceptors (Lipinski definition) is 7. The first-order valence-electron chi connectivity index (χ1n) is 12.8. The molecule has 4 aromatic rings. The molecule has 1 aliphatic rings. The summed E-state index contributed by atoms with van der Waals surface area (Å²) in [7, 11) is 1.62. The molecule has 3 heterocycles. The number of aliphatic hydroxyl groups is 1. The van der Waals surface area contributed by atoms with Crippen LogP contribution in [0, 0.1) is 6.92 Å². The summed E-state index contributed by atoms with van der Waals surface area (Å²) in [6, 6.07) is 12.2. The number of carbonyl (C=O) groups excluding carboxylic acids is 1. The molecule has 2 aromatic heterocycles. The van der Waals surface area contributed by atoms with E-state index in [1.807, 2.05) is 6.07 Å². The Labute approximate surface area is 227 Å². The van der Waals surface area contributed by atoms with Crippen molar-refractivity contribution in [1.29, 1.82) is 0 Å². The number of halogens is 3. The SMILES string of the molecule is Cc1c(C(O)CN(CCCC(F)(F)F)Cc2ccc(-c3ccc4oc(=O)n(C)c4c3)nc2)ccc2c1COC2=O. The average molecular weight is 556 g/mol. The van der Waals surface area contributed by atoms with Crippen molar-refractivity contribution in [2.75, 3.05) is 13.1 Å². The zero-order valence-electron chi connectivity index (χ0n) is 22.0. The van der Waals surface area contributed by atoms with Gasteiger partial charge in [0.25, 0.3) is 0 Å². The van der Waals surface area contributed by atoms with Crippen LogP contribution in [0.5, 0.6) is 0 Å². The standard InChI is InChI=1S/C29H28F3N3O5/c1-17-20(6-7-21-22(17)16-39-27(21)37)25(36)15-35(11-3-10-29(30,31)32)14-18-4-8-23(33-13-18)19-5-9-26-24(12-19)34(2)28(38)40-26/h4-9,12-13,25,36H,3,10-11,14-16H2,1-2H3. The second-order valence-corrected chi connectivity index (χ2v) is 10.0. The lowest BCUT2D eigenvalue weighted by Gasteiger charge is -2.26. The van der Waals surface area contributed by atoms with Crippen molar-refractivity contribution in [2.45, 2.75) is 45.2 Å². The van der Waals surface area contributed by atoms with Crippen molar-refractivity contribution in [2.24, 2.45) is 7.05 Å². The summed E-state index contributed by atoms with van der Waals surface area (Å²) < 4.78 is 50.2. The summed E-state index contributed by atoms with van der Waals surface area (Å²) in [4.78, 5) is 29.9. The van der Waals surface area contributed by atoms with Gasteiger partial charge in [0, 0.05) is 43.9 Å². The molecule has 0 aliphatic carbocycles. The number of ether oxygens (including phenoxy) is 1. The van der Waals surface area contributed by atoms with Crippen molar-refractivity contribution in [3.05, 3.63) is 87.0 Å². The predicted molar refractivity (Wildman–Crippen MR) is 141 cm³/mol. The van der Waals surface area contributed by atoms with Gasteiger partial charge in [0.2, 0.25) is 0 Å². The van der Waals surface area contributed by atoms with Crippen molar-refractivity contribution >= 4 is 17.1 Å². The quantitative estimate of drug-likeness (QED) is 0.289. The molecular formula is C29H28F3N3O5. The number of nitrogens with zero attached hydrogens (tertiary/aromatic N) is 3. The van der Waals surface area contributed by atoms with E-state index in [0.717, 1.165) is 22.3 Å². The molecule has 0 bridgehead atoms. The minimum Gasteiger partial charge on any atom is -0.457 e. The number of carbonyl (C=O) groups is 1. The highest BCUT2D eigenvalue weighted by molar-refractivity contribution is 5.94. The minimum absolute atomic E-state index is 0.0965. The third kappa shape index (κ3) is 5.80. The molecule has 8 nitrogen and oxygen atoms in total. The Bertz CT molecular complexity index is 1610. The Morgan fingerprint density at radius 3 is 2.67 bits per heavy atom. The second kappa shape index (κ2) is 10.9. The van der Waals surface area contributed by atoms with Crippen LogP contribution in [0.25, 0.3) is 22.4 Å². The average Bonchev–Trinajstić information content (AvgIpc) is 3.42. The van der Waals surface area contributed by atoms with Crippen molar-refractivity contribution < 1.29 is 32.2 Å². The minimum atomic E-state index is -4.27. The zero-order valence-corrected chi connectivity index (χ0v) is 22.0. The van der Waals surface area contributed by atoms with Crippen LogP contribution in [-0.2, 0) is 24.9 Å². The molecule has 0 radical (unpaired) electrons. The highest BCUT2D eigenvalue weighted by Crippen LogP contribution is 2.30. The highest BCUT2D eigenvalue weighted by Gasteiger charge is 2.28. The topological polar surface area (TPSA) is 97.8 Å². The molecule has 1 aliphatic heterocycles. The summed E-state index contributed by atoms with van der Waals surface area (Å²) in [5.74, 6) is -0.863. The van der Waals surface area contributed by atoms with Crippen LogP contribution in [0.1, 0.15) is 51.6 Å². The summed E-state index contributed by atoms with van der Waals surface area (Å²) >= 11 is 0. The third-order valence-electron chi connectivity index (χ3n) is 7.25. The van der Waals surface area contributed by atoms with Crippen LogP contribution in [0.3, 0.4) is 0 Å². The molecule has 0 saturated carbocycles. The normalized spacial score (nSPS) is 14.1. The molecule has 1 N–H and O–H groups in total. The van der Waals surface area contributed by atoms with E-state index >= 15 is 0 Å². The van der Waals surface area contributed by atoms with Gasteiger partial charge in [-0.2, -0.15) is 13.2 Å². The summed E-state index contributed by atoms with van der Waals surface area (Å²) in [5.41, 5.74) is 5.85. The molecule has 210 valence electrons. The van der Waals surface area contributed by atoms with E-state index in [4.69, 9.17) is 9.15 Å². The molecule has 0 fully saturated rings. The Kier molecular flexibility index (Phi) is 7.52. The van der Waals surface area contributed by atoms with Gasteiger partial charge < -0.3 is 14.3 Å². The lowest BCUT2D eigenvalue weighted by atomic mass is 9.95. The van der Waals surface area contributed by atoms with E-state index < -0.39 is 30.4 Å². The number of aryl methyl sites for hydroxylation is 1. The van der Waals surface area contributed by atoms with Crippen molar-refractivity contribution in [3.63, 3.8) is 0 Å². The smallest absolute Gasteiger partial charge is 0.419 e. The van der Waals surface area contributed by atoms with Gasteiger partial charge >= 0.3 is 17.9 Å². The van der Waals surface area contributed by atoms with E-state index in [1.54, 1.807) is 61.5 Å². The number of rotatable bonds is 9. The number of hydrogen-bond donors (Lipinski definition) is 1. The van der Waals surface area contributed by atoms with E-state index in [2.05, 4.69) is 4.98 Å². The van der Waals surface area contributed by atoms with E-state index in [0.29, 0.717) is 27.9 Å². The first-order chi connectivity index (χ1) is 19.0. The van der Waals surface area contributed by atoms with Gasteiger partial charge in [-0.3, -0.25) is 14.5 Å². The van der Waals surface area contributed by atoms with E-state index in [1.165, 1.54) is 4.57 Å². The fraction of sp³-hybridized carbons (Fsp3) is 0.345. The van der Waals surface area contributed by atoms with Gasteiger partial charge in [0.05, 0.1) is 22.9 Å². The summed E-state index contributed by atoms with van der Waals surface area (Å²) in [6.45, 7) is 2.43. The maximum absolute atomic E-state index is 12.9. The van der Waals surface area contributed by atoms with Crippen LogP contribution in [0.4, 0.5) is 13.2 Å². The number of aliphatic hydroxyl groups excluding tert-OH is 1. The molecule has 0 saturated heterocycles. The Hall–Kier alpha value is -3.96. The zero-order chi connectivity index (χ0) is 28.6. The second-order valence-electron chi connectivity index (χ2n) is 10.0. The number of fused-ring (bicyclic) bond motifs is 2. The number of oxazole rings is 1. The summed E-state index contributed by atoms with van der Waals surface area (Å²) in [5, 5.41) is 11.1. The highest BCUT2D eigenvalue weighted by atomic mass is 19.4. The van der Waals surface area contributed by atoms with Crippen LogP contribution in [0.15, 0.2) is 57.9 Å². The Morgan fingerprint density at radius 1 is 1.15 bits per heavy atom. The lowest BCUT2D eigenvalue weighted by Crippen LogP contribution is -2.30. The van der Waals surface area contributed by atoms with Crippen LogP contribution in [-0.4, -0.2) is 44.8 Å². The first kappa shape index (κ1) is 27.6. The number of cyclic esters (lactones) is 1. The van der Waals surface area contributed by atoms with Crippen LogP contribution >= 0.6 is 0 Å². The molecular weight excluding hydrogens is 527 g/mol. The number of esters is 1. The third-order valence-corrected chi connectivity index (χ3v) is 7.25. The number of aromatic nitrogens is 2. The Morgan fingerprint density at radius 2 is 1.95 bits per heavy atom. The Balaban J connectivity index is 1.33. The fourth-order valence-corrected chi connectivity index (χ4v) is 5.04. The van der Waals surface area contributed by atoms with Crippen molar-refractivity contribution in [3.8, 4) is 11.3 Å². The van der Waals surface area contributed by atoms with Crippen LogP contribution < -0.4 is 5.76 Å². The molecule has 2 aromatic carbocycles. The van der Waals surface area contributed by atoms with Gasteiger partial charge in [0.1, 0.15) is 6.61 Å². The number of alkyl halides is 3. The van der Waals surface area contributed by atoms with Gasteiger partial charge in [-0.1, -0.05) is 12.1 Å². The van der Waals surface area contributed by atoms with Gasteiger partial charge in [-0.25, -0.2) is 9.59 Å². The maximum atomic E-state index is 12.9. The molecule has 1 atom stereocenters. The lowest BCUT2D eigenvalue weighted by molar-refractivity contribution is -0.136. The predicted octanol–water partition coefficient (Wildman–Crippen LogP) is 5.05. The molecule has 5 rings (SSSR count). The molecule has 40 heavy (non-hydrogen) atoms.